The Morgan fingerprint density at radius 3 is 2.03 bits per heavy atom. The largest absolute Gasteiger partial charge is 0.324 e. The molecule has 0 radical (unpaired) electrons. The molecule has 1 heterocycles. The minimum atomic E-state index is -3.86. The van der Waals surface area contributed by atoms with Crippen molar-refractivity contribution < 1.29 is 26.0 Å². The third kappa shape index (κ3) is 6.13. The fourth-order valence-corrected chi connectivity index (χ4v) is 6.74. The van der Waals surface area contributed by atoms with Gasteiger partial charge in [-0.2, -0.15) is 4.31 Å². The zero-order valence-electron chi connectivity index (χ0n) is 19.3. The minimum absolute atomic E-state index is 0.142. The van der Waals surface area contributed by atoms with Gasteiger partial charge in [-0.3, -0.25) is 9.10 Å². The van der Waals surface area contributed by atoms with E-state index in [1.165, 1.54) is 40.7 Å². The summed E-state index contributed by atoms with van der Waals surface area (Å²) >= 11 is 0. The number of carbonyl (C=O) groups excluding carboxylic acids is 1. The normalized spacial score (nSPS) is 16.4. The summed E-state index contributed by atoms with van der Waals surface area (Å²) in [6.45, 7) is 2.65. The van der Waals surface area contributed by atoms with Gasteiger partial charge in [-0.05, 0) is 67.8 Å². The molecule has 0 aliphatic carbocycles. The number of hydrogen-bond acceptors (Lipinski definition) is 5. The number of sulfonamides is 2. The fraction of sp³-hybridized carbons (Fsp3) is 0.435. The van der Waals surface area contributed by atoms with Crippen LogP contribution in [0.1, 0.15) is 39.0 Å². The summed E-state index contributed by atoms with van der Waals surface area (Å²) < 4.78 is 66.7. The molecule has 8 nitrogen and oxygen atoms in total. The molecule has 0 aromatic heterocycles. The number of rotatable bonds is 8. The van der Waals surface area contributed by atoms with Crippen LogP contribution in [0.3, 0.4) is 0 Å². The second kappa shape index (κ2) is 10.8. The highest BCUT2D eigenvalue weighted by Crippen LogP contribution is 2.25. The molecule has 0 bridgehead atoms. The Morgan fingerprint density at radius 2 is 1.53 bits per heavy atom. The highest BCUT2D eigenvalue weighted by atomic mass is 32.2. The van der Waals surface area contributed by atoms with Gasteiger partial charge in [0.15, 0.2) is 0 Å². The average Bonchev–Trinajstić information content (AvgIpc) is 3.08. The standard InChI is InChI=1S/C23H30FN3O5S2/c1-3-22(27(33(2,29)30)20-12-8-18(24)9-13-20)23(28)25-19-10-14-21(15-11-19)34(31,32)26-16-6-4-5-7-17-26/h8-15,22H,3-7,16-17H2,1-2H3,(H,25,28). The van der Waals surface area contributed by atoms with Gasteiger partial charge in [0.25, 0.3) is 0 Å². The van der Waals surface area contributed by atoms with Crippen molar-refractivity contribution in [2.75, 3.05) is 29.0 Å². The first-order valence-electron chi connectivity index (χ1n) is 11.2. The highest BCUT2D eigenvalue weighted by molar-refractivity contribution is 7.92. The lowest BCUT2D eigenvalue weighted by atomic mass is 10.2. The van der Waals surface area contributed by atoms with E-state index < -0.39 is 37.8 Å². The third-order valence-corrected chi connectivity index (χ3v) is 8.83. The molecule has 1 aliphatic rings. The number of anilines is 2. The SMILES string of the molecule is CCC(C(=O)Nc1ccc(S(=O)(=O)N2CCCCCC2)cc1)N(c1ccc(F)cc1)S(C)(=O)=O. The number of amides is 1. The summed E-state index contributed by atoms with van der Waals surface area (Å²) in [5.41, 5.74) is 0.510. The first-order valence-corrected chi connectivity index (χ1v) is 14.5. The average molecular weight is 512 g/mol. The summed E-state index contributed by atoms with van der Waals surface area (Å²) in [5.74, 6) is -1.11. The molecular weight excluding hydrogens is 481 g/mol. The molecule has 1 unspecified atom stereocenters. The van der Waals surface area contributed by atoms with Crippen LogP contribution in [-0.4, -0.2) is 52.4 Å². The minimum Gasteiger partial charge on any atom is -0.324 e. The zero-order chi connectivity index (χ0) is 24.9. The molecule has 1 saturated heterocycles. The maximum Gasteiger partial charge on any atom is 0.248 e. The molecule has 186 valence electrons. The number of nitrogens with zero attached hydrogens (tertiary/aromatic N) is 2. The molecule has 1 fully saturated rings. The van der Waals surface area contributed by atoms with Gasteiger partial charge in [-0.15, -0.1) is 0 Å². The van der Waals surface area contributed by atoms with Gasteiger partial charge >= 0.3 is 0 Å². The number of halogens is 1. The van der Waals surface area contributed by atoms with Crippen LogP contribution in [-0.2, 0) is 24.8 Å². The van der Waals surface area contributed by atoms with Crippen molar-refractivity contribution in [1.29, 1.82) is 0 Å². The molecule has 1 N–H and O–H groups in total. The molecule has 1 aliphatic heterocycles. The Kier molecular flexibility index (Phi) is 8.32. The Morgan fingerprint density at radius 1 is 0.971 bits per heavy atom. The van der Waals surface area contributed by atoms with Gasteiger partial charge in [0, 0.05) is 18.8 Å². The predicted octanol–water partition coefficient (Wildman–Crippen LogP) is 3.57. The number of carbonyl (C=O) groups is 1. The van der Waals surface area contributed by atoms with Gasteiger partial charge in [0.2, 0.25) is 26.0 Å². The monoisotopic (exact) mass is 511 g/mol. The second-order valence-corrected chi connectivity index (χ2v) is 12.1. The first-order chi connectivity index (χ1) is 16.0. The Balaban J connectivity index is 1.79. The van der Waals surface area contributed by atoms with Crippen LogP contribution in [0.4, 0.5) is 15.8 Å². The Bertz CT molecular complexity index is 1190. The molecular formula is C23H30FN3O5S2. The van der Waals surface area contributed by atoms with Gasteiger partial charge in [0.1, 0.15) is 11.9 Å². The third-order valence-electron chi connectivity index (χ3n) is 5.74. The molecule has 1 amide bonds. The van der Waals surface area contributed by atoms with Crippen LogP contribution >= 0.6 is 0 Å². The Hall–Kier alpha value is -2.50. The van der Waals surface area contributed by atoms with Crippen molar-refractivity contribution in [3.05, 3.63) is 54.3 Å². The lowest BCUT2D eigenvalue weighted by Gasteiger charge is -2.30. The summed E-state index contributed by atoms with van der Waals surface area (Å²) in [5, 5.41) is 2.67. The molecule has 0 saturated carbocycles. The number of nitrogens with one attached hydrogen (secondary N) is 1. The van der Waals surface area contributed by atoms with Gasteiger partial charge in [-0.25, -0.2) is 21.2 Å². The summed E-state index contributed by atoms with van der Waals surface area (Å²) in [6.07, 6.45) is 4.83. The second-order valence-electron chi connectivity index (χ2n) is 8.29. The van der Waals surface area contributed by atoms with E-state index in [2.05, 4.69) is 5.32 Å². The molecule has 2 aromatic rings. The lowest BCUT2D eigenvalue weighted by Crippen LogP contribution is -2.47. The van der Waals surface area contributed by atoms with Crippen molar-refractivity contribution >= 4 is 37.3 Å². The van der Waals surface area contributed by atoms with Crippen molar-refractivity contribution in [2.45, 2.75) is 50.0 Å². The molecule has 1 atom stereocenters. The summed E-state index contributed by atoms with van der Waals surface area (Å²) in [6, 6.07) is 9.61. The van der Waals surface area contributed by atoms with Gasteiger partial charge < -0.3 is 5.32 Å². The molecule has 0 spiro atoms. The van der Waals surface area contributed by atoms with Crippen LogP contribution in [0.2, 0.25) is 0 Å². The van der Waals surface area contributed by atoms with E-state index in [1.807, 2.05) is 0 Å². The van der Waals surface area contributed by atoms with E-state index in [0.717, 1.165) is 48.4 Å². The Labute approximate surface area is 200 Å². The van der Waals surface area contributed by atoms with Crippen molar-refractivity contribution in [3.8, 4) is 0 Å². The summed E-state index contributed by atoms with van der Waals surface area (Å²) in [7, 11) is -7.48. The van der Waals surface area contributed by atoms with Crippen LogP contribution < -0.4 is 9.62 Å². The van der Waals surface area contributed by atoms with E-state index in [9.17, 15) is 26.0 Å². The van der Waals surface area contributed by atoms with Crippen LogP contribution in [0.25, 0.3) is 0 Å². The smallest absolute Gasteiger partial charge is 0.248 e. The van der Waals surface area contributed by atoms with Crippen LogP contribution in [0, 0.1) is 5.82 Å². The van der Waals surface area contributed by atoms with E-state index in [-0.39, 0.29) is 17.0 Å². The molecule has 2 aromatic carbocycles. The molecule has 3 rings (SSSR count). The van der Waals surface area contributed by atoms with Crippen molar-refractivity contribution in [3.63, 3.8) is 0 Å². The number of benzene rings is 2. The topological polar surface area (TPSA) is 104 Å². The summed E-state index contributed by atoms with van der Waals surface area (Å²) in [4.78, 5) is 13.2. The van der Waals surface area contributed by atoms with E-state index >= 15 is 0 Å². The maximum absolute atomic E-state index is 13.3. The van der Waals surface area contributed by atoms with Crippen LogP contribution in [0.15, 0.2) is 53.4 Å². The predicted molar refractivity (Wildman–Crippen MR) is 130 cm³/mol. The first kappa shape index (κ1) is 26.1. The lowest BCUT2D eigenvalue weighted by molar-refractivity contribution is -0.117. The highest BCUT2D eigenvalue weighted by Gasteiger charge is 2.32. The van der Waals surface area contributed by atoms with E-state index in [4.69, 9.17) is 0 Å². The van der Waals surface area contributed by atoms with Crippen LogP contribution in [0.5, 0.6) is 0 Å². The zero-order valence-corrected chi connectivity index (χ0v) is 20.9. The van der Waals surface area contributed by atoms with Gasteiger partial charge in [-0.1, -0.05) is 19.8 Å². The molecule has 11 heteroatoms. The van der Waals surface area contributed by atoms with E-state index in [1.54, 1.807) is 6.92 Å². The molecule has 34 heavy (non-hydrogen) atoms. The number of hydrogen-bond donors (Lipinski definition) is 1. The van der Waals surface area contributed by atoms with Crippen molar-refractivity contribution in [2.24, 2.45) is 0 Å². The van der Waals surface area contributed by atoms with Gasteiger partial charge in [0.05, 0.1) is 16.8 Å². The fourth-order valence-electron chi connectivity index (χ4n) is 4.02. The van der Waals surface area contributed by atoms with E-state index in [0.29, 0.717) is 18.8 Å². The van der Waals surface area contributed by atoms with Crippen molar-refractivity contribution in [1.82, 2.24) is 4.31 Å². The quantitative estimate of drug-likeness (QED) is 0.584. The maximum atomic E-state index is 13.3.